The summed E-state index contributed by atoms with van der Waals surface area (Å²) in [6, 6.07) is 0. The first-order chi connectivity index (χ1) is 7.33. The fourth-order valence-electron chi connectivity index (χ4n) is 1.98. The highest BCUT2D eigenvalue weighted by Crippen LogP contribution is 2.31. The van der Waals surface area contributed by atoms with Gasteiger partial charge in [0, 0.05) is 20.3 Å². The lowest BCUT2D eigenvalue weighted by molar-refractivity contribution is 0.0205. The molecular formula is C11H23NO3. The van der Waals surface area contributed by atoms with Crippen LogP contribution in [0.1, 0.15) is 19.3 Å². The van der Waals surface area contributed by atoms with Gasteiger partial charge >= 0.3 is 0 Å². The first-order valence-electron chi connectivity index (χ1n) is 5.71. The molecule has 0 atom stereocenters. The molecular weight excluding hydrogens is 194 g/mol. The summed E-state index contributed by atoms with van der Waals surface area (Å²) >= 11 is 0. The van der Waals surface area contributed by atoms with E-state index >= 15 is 0 Å². The van der Waals surface area contributed by atoms with Crippen LogP contribution >= 0.6 is 0 Å². The smallest absolute Gasteiger partial charge is 0.0700 e. The molecule has 0 aromatic carbocycles. The summed E-state index contributed by atoms with van der Waals surface area (Å²) in [7, 11) is 1.67. The van der Waals surface area contributed by atoms with Gasteiger partial charge in [-0.1, -0.05) is 0 Å². The Morgan fingerprint density at radius 3 is 2.53 bits per heavy atom. The van der Waals surface area contributed by atoms with Crippen molar-refractivity contribution in [1.82, 2.24) is 5.32 Å². The molecule has 4 heteroatoms. The fraction of sp³-hybridized carbons (Fsp3) is 1.00. The summed E-state index contributed by atoms with van der Waals surface area (Å²) in [5.74, 6) is 0. The van der Waals surface area contributed by atoms with Crippen molar-refractivity contribution in [2.45, 2.75) is 19.3 Å². The van der Waals surface area contributed by atoms with E-state index in [2.05, 4.69) is 5.32 Å². The van der Waals surface area contributed by atoms with Crippen molar-refractivity contribution >= 4 is 0 Å². The average molecular weight is 217 g/mol. The molecule has 1 aliphatic heterocycles. The van der Waals surface area contributed by atoms with Crippen LogP contribution in [0.25, 0.3) is 0 Å². The van der Waals surface area contributed by atoms with Crippen LogP contribution in [0.2, 0.25) is 0 Å². The predicted molar refractivity (Wildman–Crippen MR) is 58.9 cm³/mol. The maximum atomic E-state index is 9.44. The quantitative estimate of drug-likeness (QED) is 0.606. The lowest BCUT2D eigenvalue weighted by Crippen LogP contribution is -2.39. The van der Waals surface area contributed by atoms with Gasteiger partial charge in [0.15, 0.2) is 0 Å². The first-order valence-corrected chi connectivity index (χ1v) is 5.71. The molecule has 4 nitrogen and oxygen atoms in total. The van der Waals surface area contributed by atoms with Crippen molar-refractivity contribution in [3.63, 3.8) is 0 Å². The van der Waals surface area contributed by atoms with Crippen LogP contribution in [0.5, 0.6) is 0 Å². The summed E-state index contributed by atoms with van der Waals surface area (Å²) in [5, 5.41) is 12.7. The van der Waals surface area contributed by atoms with E-state index in [9.17, 15) is 5.11 Å². The molecule has 90 valence electrons. The van der Waals surface area contributed by atoms with E-state index in [1.165, 1.54) is 0 Å². The normalized spacial score (nSPS) is 20.4. The number of methoxy groups -OCH3 is 1. The highest BCUT2D eigenvalue weighted by Gasteiger charge is 2.30. The second kappa shape index (κ2) is 7.17. The summed E-state index contributed by atoms with van der Waals surface area (Å²) in [6.07, 6.45) is 3.06. The molecule has 0 spiro atoms. The Morgan fingerprint density at radius 1 is 1.20 bits per heavy atom. The molecule has 0 aromatic rings. The van der Waals surface area contributed by atoms with E-state index in [0.29, 0.717) is 13.2 Å². The lowest BCUT2D eigenvalue weighted by atomic mass is 9.77. The third-order valence-electron chi connectivity index (χ3n) is 3.21. The molecule has 1 aliphatic rings. The molecule has 0 unspecified atom stereocenters. The molecule has 0 aromatic heterocycles. The van der Waals surface area contributed by atoms with Gasteiger partial charge in [-0.05, 0) is 37.8 Å². The molecule has 0 amide bonds. The van der Waals surface area contributed by atoms with Crippen molar-refractivity contribution < 1.29 is 14.6 Å². The maximum absolute atomic E-state index is 9.44. The van der Waals surface area contributed by atoms with Gasteiger partial charge in [0.1, 0.15) is 0 Å². The van der Waals surface area contributed by atoms with Crippen molar-refractivity contribution in [3.8, 4) is 0 Å². The second-order valence-electron chi connectivity index (χ2n) is 4.26. The highest BCUT2D eigenvalue weighted by atomic mass is 16.5. The van der Waals surface area contributed by atoms with E-state index in [4.69, 9.17) is 9.47 Å². The van der Waals surface area contributed by atoms with Gasteiger partial charge in [0.05, 0.1) is 13.2 Å². The Morgan fingerprint density at radius 2 is 1.93 bits per heavy atom. The number of aliphatic hydroxyl groups excluding tert-OH is 1. The fourth-order valence-corrected chi connectivity index (χ4v) is 1.98. The highest BCUT2D eigenvalue weighted by molar-refractivity contribution is 4.83. The molecule has 0 saturated carbocycles. The van der Waals surface area contributed by atoms with Crippen LogP contribution in [-0.2, 0) is 9.47 Å². The number of hydrogen-bond donors (Lipinski definition) is 2. The van der Waals surface area contributed by atoms with Crippen LogP contribution in [0.3, 0.4) is 0 Å². The molecule has 1 rings (SSSR count). The van der Waals surface area contributed by atoms with Crippen LogP contribution in [0, 0.1) is 5.41 Å². The van der Waals surface area contributed by atoms with E-state index < -0.39 is 0 Å². The summed E-state index contributed by atoms with van der Waals surface area (Å²) < 4.78 is 10.3. The molecule has 2 N–H and O–H groups in total. The predicted octanol–water partition coefficient (Wildman–Crippen LogP) is 0.402. The Balaban J connectivity index is 2.15. The monoisotopic (exact) mass is 217 g/mol. The number of hydrogen-bond acceptors (Lipinski definition) is 4. The van der Waals surface area contributed by atoms with Gasteiger partial charge in [-0.3, -0.25) is 0 Å². The van der Waals surface area contributed by atoms with Crippen molar-refractivity contribution in [3.05, 3.63) is 0 Å². The van der Waals surface area contributed by atoms with Gasteiger partial charge < -0.3 is 19.9 Å². The summed E-state index contributed by atoms with van der Waals surface area (Å²) in [4.78, 5) is 0. The Bertz CT molecular complexity index is 158. The van der Waals surface area contributed by atoms with E-state index in [0.717, 1.165) is 39.0 Å². The number of nitrogens with one attached hydrogen (secondary N) is 1. The van der Waals surface area contributed by atoms with Gasteiger partial charge in [-0.2, -0.15) is 0 Å². The van der Waals surface area contributed by atoms with Crippen molar-refractivity contribution in [2.75, 3.05) is 46.6 Å². The minimum Gasteiger partial charge on any atom is -0.396 e. The number of piperidine rings is 1. The summed E-state index contributed by atoms with van der Waals surface area (Å²) in [5.41, 5.74) is 0.0956. The Hall–Kier alpha value is -0.160. The average Bonchev–Trinajstić information content (AvgIpc) is 2.30. The molecule has 0 bridgehead atoms. The zero-order chi connectivity index (χ0) is 11.0. The number of ether oxygens (including phenoxy) is 2. The molecule has 0 aliphatic carbocycles. The molecule has 15 heavy (non-hydrogen) atoms. The number of rotatable bonds is 7. The Labute approximate surface area is 92.0 Å². The second-order valence-corrected chi connectivity index (χ2v) is 4.26. The van der Waals surface area contributed by atoms with Gasteiger partial charge in [-0.15, -0.1) is 0 Å². The van der Waals surface area contributed by atoms with Crippen LogP contribution < -0.4 is 5.32 Å². The van der Waals surface area contributed by atoms with E-state index in [1.54, 1.807) is 7.11 Å². The van der Waals surface area contributed by atoms with E-state index in [-0.39, 0.29) is 12.0 Å². The molecule has 1 fully saturated rings. The van der Waals surface area contributed by atoms with Crippen LogP contribution in [0.4, 0.5) is 0 Å². The zero-order valence-electron chi connectivity index (χ0n) is 9.63. The molecule has 1 heterocycles. The minimum absolute atomic E-state index is 0.0956. The van der Waals surface area contributed by atoms with Crippen LogP contribution in [-0.4, -0.2) is 51.7 Å². The number of aliphatic hydroxyl groups is 1. The standard InChI is InChI=1S/C11H23NO3/c1-14-8-9-15-7-4-11(10-13)2-5-12-6-3-11/h12-13H,2-10H2,1H3. The largest absolute Gasteiger partial charge is 0.396 e. The summed E-state index contributed by atoms with van der Waals surface area (Å²) in [6.45, 7) is 4.33. The maximum Gasteiger partial charge on any atom is 0.0700 e. The third kappa shape index (κ3) is 4.47. The first kappa shape index (κ1) is 12.9. The third-order valence-corrected chi connectivity index (χ3v) is 3.21. The topological polar surface area (TPSA) is 50.7 Å². The van der Waals surface area contributed by atoms with Crippen molar-refractivity contribution in [2.24, 2.45) is 5.41 Å². The van der Waals surface area contributed by atoms with E-state index in [1.807, 2.05) is 0 Å². The van der Waals surface area contributed by atoms with Crippen LogP contribution in [0.15, 0.2) is 0 Å². The SMILES string of the molecule is COCCOCCC1(CO)CCNCC1. The van der Waals surface area contributed by atoms with Gasteiger partial charge in [0.25, 0.3) is 0 Å². The van der Waals surface area contributed by atoms with Crippen molar-refractivity contribution in [1.29, 1.82) is 0 Å². The molecule has 0 radical (unpaired) electrons. The molecule has 1 saturated heterocycles. The minimum atomic E-state index is 0.0956. The van der Waals surface area contributed by atoms with Gasteiger partial charge in [-0.25, -0.2) is 0 Å². The zero-order valence-corrected chi connectivity index (χ0v) is 9.63. The lowest BCUT2D eigenvalue weighted by Gasteiger charge is -2.35. The Kier molecular flexibility index (Phi) is 6.17. The van der Waals surface area contributed by atoms with Gasteiger partial charge in [0.2, 0.25) is 0 Å².